The van der Waals surface area contributed by atoms with E-state index in [2.05, 4.69) is 74.4 Å². The number of esters is 1. The van der Waals surface area contributed by atoms with E-state index in [0.29, 0.717) is 11.2 Å². The molecule has 2 rings (SSSR count). The van der Waals surface area contributed by atoms with E-state index in [1.54, 1.807) is 0 Å². The molecule has 0 saturated carbocycles. The molecule has 1 aromatic carbocycles. The first-order valence-corrected chi connectivity index (χ1v) is 20.4. The van der Waals surface area contributed by atoms with Crippen molar-refractivity contribution in [3.05, 3.63) is 55.0 Å². The molecule has 1 atom stereocenters. The average Bonchev–Trinajstić information content (AvgIpc) is 3.00. The number of methoxy groups -OCH3 is 1. The van der Waals surface area contributed by atoms with E-state index in [9.17, 15) is 4.79 Å². The van der Waals surface area contributed by atoms with Gasteiger partial charge in [-0.2, -0.15) is 0 Å². The molecular formula is C17H25I2N3O2Pt. The van der Waals surface area contributed by atoms with Gasteiger partial charge in [-0.3, -0.25) is 4.79 Å². The third-order valence-electron chi connectivity index (χ3n) is 3.14. The zero-order chi connectivity index (χ0) is 19.2. The Morgan fingerprint density at radius 2 is 1.84 bits per heavy atom. The summed E-state index contributed by atoms with van der Waals surface area (Å²) in [5.41, 5.74) is 6.70. The molecule has 0 aromatic heterocycles. The molecule has 0 fully saturated rings. The van der Waals surface area contributed by atoms with Gasteiger partial charge >= 0.3 is 55.9 Å². The molecule has 2 N–H and O–H groups in total. The maximum atomic E-state index is 10.6. The maximum absolute atomic E-state index is 10.6. The Bertz CT molecular complexity index is 504. The number of ether oxygens (including phenoxy) is 1. The molecule has 0 amide bonds. The van der Waals surface area contributed by atoms with E-state index >= 15 is 0 Å². The molecule has 25 heavy (non-hydrogen) atoms. The van der Waals surface area contributed by atoms with Gasteiger partial charge < -0.3 is 20.3 Å². The summed E-state index contributed by atoms with van der Waals surface area (Å²) >= 11 is 5.30. The monoisotopic (exact) mass is 752 g/mol. The fraction of sp³-hybridized carbons (Fsp3) is 0.412. The Morgan fingerprint density at radius 3 is 2.20 bits per heavy atom. The second-order valence-electron chi connectivity index (χ2n) is 5.46. The zero-order valence-electron chi connectivity index (χ0n) is 14.8. The van der Waals surface area contributed by atoms with Crippen LogP contribution in [0.15, 0.2) is 42.7 Å². The van der Waals surface area contributed by atoms with Crippen molar-refractivity contribution in [3.63, 3.8) is 0 Å². The molecule has 1 heterocycles. The standard InChI is InChI=1S/C11H12N2.C6H13NO2.2HI.Pt/c1-12-7-8-13(10-12)9-11-5-3-2-4-6-11;1-4(2)5(7)6(8)9-3;;;/h2-8H,9H2,1H3;4-5H,7H2,1-3H3;2*1H;/q;;;;+2/p-2/t;5-;;;/m.0.../s1. The van der Waals surface area contributed by atoms with Crippen molar-refractivity contribution in [2.75, 3.05) is 14.2 Å². The number of halogens is 2. The first-order chi connectivity index (χ1) is 11.8. The molecule has 2 radical (unpaired) electrons. The van der Waals surface area contributed by atoms with Crippen molar-refractivity contribution in [2.45, 2.75) is 26.4 Å². The van der Waals surface area contributed by atoms with E-state index in [-0.39, 0.29) is 11.9 Å². The van der Waals surface area contributed by atoms with Crippen LogP contribution in [0, 0.1) is 12.6 Å². The Morgan fingerprint density at radius 1 is 1.28 bits per heavy atom. The minimum absolute atomic E-state index is 0.150. The Kier molecular flexibility index (Phi) is 15.3. The molecule has 1 aliphatic heterocycles. The van der Waals surface area contributed by atoms with Crippen molar-refractivity contribution in [1.82, 2.24) is 9.80 Å². The van der Waals surface area contributed by atoms with Crippen LogP contribution in [-0.2, 0) is 27.3 Å². The number of rotatable bonds is 4. The van der Waals surface area contributed by atoms with Crippen LogP contribution in [0.2, 0.25) is 0 Å². The summed E-state index contributed by atoms with van der Waals surface area (Å²) in [6, 6.07) is 9.90. The van der Waals surface area contributed by atoms with Crippen LogP contribution in [0.25, 0.3) is 0 Å². The fourth-order valence-corrected chi connectivity index (χ4v) is 1.73. The van der Waals surface area contributed by atoms with Crippen LogP contribution in [0.3, 0.4) is 0 Å². The number of nitrogens with zero attached hydrogens (tertiary/aromatic N) is 2. The third kappa shape index (κ3) is 12.2. The fourth-order valence-electron chi connectivity index (χ4n) is 1.73. The van der Waals surface area contributed by atoms with E-state index in [1.807, 2.05) is 49.2 Å². The predicted molar refractivity (Wildman–Crippen MR) is 115 cm³/mol. The number of hydrogen-bond acceptors (Lipinski definition) is 5. The molecule has 1 aliphatic rings. The van der Waals surface area contributed by atoms with Gasteiger partial charge in [-0.1, -0.05) is 44.2 Å². The summed E-state index contributed by atoms with van der Waals surface area (Å²) in [5.74, 6) is -0.192. The van der Waals surface area contributed by atoms with Crippen molar-refractivity contribution >= 4 is 44.7 Å². The molecule has 0 unspecified atom stereocenters. The van der Waals surface area contributed by atoms with Crippen LogP contribution in [0.5, 0.6) is 0 Å². The van der Waals surface area contributed by atoms with Gasteiger partial charge in [0.15, 0.2) is 0 Å². The molecule has 1 aromatic rings. The summed E-state index contributed by atoms with van der Waals surface area (Å²) in [6.45, 7) is 7.80. The molecule has 0 bridgehead atoms. The van der Waals surface area contributed by atoms with Crippen molar-refractivity contribution in [3.8, 4) is 0 Å². The summed E-state index contributed by atoms with van der Waals surface area (Å²) in [4.78, 5) is 14.6. The molecule has 0 aliphatic carbocycles. The number of carbonyl (C=O) groups is 1. The first-order valence-electron chi connectivity index (χ1n) is 7.49. The number of benzene rings is 1. The van der Waals surface area contributed by atoms with Crippen molar-refractivity contribution in [1.29, 1.82) is 0 Å². The zero-order valence-corrected chi connectivity index (χ0v) is 21.4. The van der Waals surface area contributed by atoms with Crippen LogP contribution in [0.4, 0.5) is 0 Å². The molecule has 0 saturated heterocycles. The SMILES string of the molecule is CN1[C]N(Cc2ccccc2)C=C1.COC(=O)[C@@H](N)C(C)C.[I][Pt][I]. The summed E-state index contributed by atoms with van der Waals surface area (Å²) in [6.07, 6.45) is 4.01. The number of carbonyl (C=O) groups excluding carboxylic acids is 1. The minimum atomic E-state index is -0.477. The van der Waals surface area contributed by atoms with Gasteiger partial charge in [0.05, 0.1) is 7.11 Å². The Balaban J connectivity index is 0.000000422. The van der Waals surface area contributed by atoms with Crippen LogP contribution in [-0.4, -0.2) is 36.0 Å². The van der Waals surface area contributed by atoms with Crippen LogP contribution in [0.1, 0.15) is 19.4 Å². The topological polar surface area (TPSA) is 58.8 Å². The summed E-state index contributed by atoms with van der Waals surface area (Å²) in [5, 5.41) is 0. The molecule has 0 spiro atoms. The van der Waals surface area contributed by atoms with Crippen LogP contribution >= 0.6 is 38.7 Å². The Labute approximate surface area is 180 Å². The van der Waals surface area contributed by atoms with Gasteiger partial charge in [-0.05, 0) is 11.5 Å². The van der Waals surface area contributed by atoms with Crippen LogP contribution < -0.4 is 5.73 Å². The molecule has 8 heteroatoms. The predicted octanol–water partition coefficient (Wildman–Crippen LogP) is 3.81. The molecule has 5 nitrogen and oxygen atoms in total. The second kappa shape index (κ2) is 15.2. The normalized spacial score (nSPS) is 13.8. The average molecular weight is 752 g/mol. The van der Waals surface area contributed by atoms with Crippen molar-refractivity contribution < 1.29 is 20.7 Å². The first kappa shape index (κ1) is 25.1. The molecule has 144 valence electrons. The van der Waals surface area contributed by atoms with Gasteiger partial charge in [0.25, 0.3) is 0 Å². The van der Waals surface area contributed by atoms with E-state index in [4.69, 9.17) is 5.73 Å². The third-order valence-corrected chi connectivity index (χ3v) is 3.14. The Hall–Kier alpha value is 0.138. The number of hydrogen-bond donors (Lipinski definition) is 1. The van der Waals surface area contributed by atoms with Crippen molar-refractivity contribution in [2.24, 2.45) is 11.7 Å². The van der Waals surface area contributed by atoms with Gasteiger partial charge in [0.2, 0.25) is 6.67 Å². The van der Waals surface area contributed by atoms with E-state index in [1.165, 1.54) is 12.7 Å². The van der Waals surface area contributed by atoms with Gasteiger partial charge in [-0.15, -0.1) is 0 Å². The van der Waals surface area contributed by atoms with E-state index in [0.717, 1.165) is 6.54 Å². The quantitative estimate of drug-likeness (QED) is 0.375. The van der Waals surface area contributed by atoms with E-state index < -0.39 is 6.04 Å². The number of nitrogens with two attached hydrogens (primary N) is 1. The van der Waals surface area contributed by atoms with Gasteiger partial charge in [0.1, 0.15) is 6.04 Å². The van der Waals surface area contributed by atoms with Gasteiger partial charge in [0, 0.05) is 26.0 Å². The summed E-state index contributed by atoms with van der Waals surface area (Å²) < 4.78 is 4.41. The second-order valence-corrected chi connectivity index (χ2v) is 22.1. The molecular weight excluding hydrogens is 727 g/mol. The summed E-state index contributed by atoms with van der Waals surface area (Å²) in [7, 11) is 3.31. The van der Waals surface area contributed by atoms with Gasteiger partial charge in [-0.25, -0.2) is 0 Å².